The average Bonchev–Trinajstić information content (AvgIpc) is 2.52. The molecule has 1 amide bonds. The van der Waals surface area contributed by atoms with Crippen LogP contribution in [0.4, 0.5) is 5.82 Å². The van der Waals surface area contributed by atoms with Crippen molar-refractivity contribution < 1.29 is 4.79 Å². The van der Waals surface area contributed by atoms with Crippen LogP contribution < -0.4 is 16.1 Å². The molecule has 3 N–H and O–H groups in total. The Kier molecular flexibility index (Phi) is 8.79. The molecule has 0 aliphatic heterocycles. The van der Waals surface area contributed by atoms with E-state index in [1.54, 1.807) is 24.5 Å². The van der Waals surface area contributed by atoms with E-state index < -0.39 is 0 Å². The van der Waals surface area contributed by atoms with Crippen molar-refractivity contribution in [3.63, 3.8) is 0 Å². The van der Waals surface area contributed by atoms with Gasteiger partial charge in [-0.05, 0) is 45.5 Å². The van der Waals surface area contributed by atoms with Crippen LogP contribution in [0, 0.1) is 0 Å². The molecule has 0 aliphatic carbocycles. The van der Waals surface area contributed by atoms with Gasteiger partial charge in [0.1, 0.15) is 5.82 Å². The normalized spacial score (nSPS) is 10.8. The molecule has 0 atom stereocenters. The van der Waals surface area contributed by atoms with Crippen molar-refractivity contribution in [2.75, 3.05) is 25.6 Å². The maximum absolute atomic E-state index is 11.9. The first-order valence-corrected chi connectivity index (χ1v) is 7.40. The van der Waals surface area contributed by atoms with E-state index in [4.69, 9.17) is 0 Å². The lowest BCUT2D eigenvalue weighted by atomic mass is 10.2. The lowest BCUT2D eigenvalue weighted by Gasteiger charge is -2.06. The highest BCUT2D eigenvalue weighted by molar-refractivity contribution is 5.94. The molecule has 0 unspecified atom stereocenters. The van der Waals surface area contributed by atoms with E-state index in [0.717, 1.165) is 19.4 Å². The number of hydrogen-bond acceptors (Lipinski definition) is 5. The first kappa shape index (κ1) is 17.1. The molecule has 6 nitrogen and oxygen atoms in total. The van der Waals surface area contributed by atoms with Crippen LogP contribution in [0.15, 0.2) is 23.4 Å². The predicted molar refractivity (Wildman–Crippen MR) is 86.8 cm³/mol. The van der Waals surface area contributed by atoms with Crippen LogP contribution in [0.2, 0.25) is 0 Å². The minimum atomic E-state index is -0.0803. The third-order valence-electron chi connectivity index (χ3n) is 2.97. The van der Waals surface area contributed by atoms with Gasteiger partial charge in [0.05, 0.1) is 5.56 Å². The second-order valence-electron chi connectivity index (χ2n) is 4.70. The van der Waals surface area contributed by atoms with E-state index >= 15 is 0 Å². The first-order chi connectivity index (χ1) is 10.3. The number of carbonyl (C=O) groups excluding carboxylic acids is 1. The van der Waals surface area contributed by atoms with Crippen LogP contribution in [0.3, 0.4) is 0 Å². The smallest absolute Gasteiger partial charge is 0.252 e. The van der Waals surface area contributed by atoms with Crippen LogP contribution in [-0.4, -0.2) is 37.2 Å². The van der Waals surface area contributed by atoms with Gasteiger partial charge in [-0.3, -0.25) is 10.2 Å². The van der Waals surface area contributed by atoms with E-state index in [2.05, 4.69) is 26.1 Å². The number of nitrogens with one attached hydrogen (secondary N) is 3. The summed E-state index contributed by atoms with van der Waals surface area (Å²) in [6.07, 6.45) is 7.71. The molecular formula is C15H25N5O. The van der Waals surface area contributed by atoms with Crippen molar-refractivity contribution >= 4 is 17.9 Å². The Balaban J connectivity index is 2.22. The van der Waals surface area contributed by atoms with Crippen molar-refractivity contribution in [1.82, 2.24) is 15.6 Å². The molecule has 1 aromatic rings. The summed E-state index contributed by atoms with van der Waals surface area (Å²) in [5.41, 5.74) is 3.32. The Morgan fingerprint density at radius 1 is 1.24 bits per heavy atom. The SMILES string of the molecule is C/C=N/Nc1ccc(C(=O)NCCCCCCNC)cn1. The number of anilines is 1. The first-order valence-electron chi connectivity index (χ1n) is 7.40. The minimum Gasteiger partial charge on any atom is -0.352 e. The third kappa shape index (κ3) is 7.41. The molecule has 1 heterocycles. The summed E-state index contributed by atoms with van der Waals surface area (Å²) >= 11 is 0. The summed E-state index contributed by atoms with van der Waals surface area (Å²) in [6, 6.07) is 3.47. The number of carbonyl (C=O) groups is 1. The fraction of sp³-hybridized carbons (Fsp3) is 0.533. The number of hydrazone groups is 1. The molecule has 6 heteroatoms. The van der Waals surface area contributed by atoms with Gasteiger partial charge in [0.25, 0.3) is 5.91 Å². The molecule has 1 aromatic heterocycles. The molecule has 0 aliphatic rings. The van der Waals surface area contributed by atoms with Crippen molar-refractivity contribution in [3.8, 4) is 0 Å². The van der Waals surface area contributed by atoms with Crippen LogP contribution >= 0.6 is 0 Å². The Labute approximate surface area is 126 Å². The fourth-order valence-corrected chi connectivity index (χ4v) is 1.81. The second-order valence-corrected chi connectivity index (χ2v) is 4.70. The molecular weight excluding hydrogens is 266 g/mol. The molecule has 0 bridgehead atoms. The summed E-state index contributed by atoms with van der Waals surface area (Å²) in [5.74, 6) is 0.539. The highest BCUT2D eigenvalue weighted by Crippen LogP contribution is 2.05. The van der Waals surface area contributed by atoms with Gasteiger partial charge < -0.3 is 10.6 Å². The van der Waals surface area contributed by atoms with Crippen LogP contribution in [0.1, 0.15) is 43.0 Å². The van der Waals surface area contributed by atoms with Gasteiger partial charge in [-0.15, -0.1) is 0 Å². The number of unbranched alkanes of at least 4 members (excludes halogenated alkanes) is 3. The Morgan fingerprint density at radius 3 is 2.62 bits per heavy atom. The lowest BCUT2D eigenvalue weighted by molar-refractivity contribution is 0.0952. The number of pyridine rings is 1. The highest BCUT2D eigenvalue weighted by atomic mass is 16.1. The fourth-order valence-electron chi connectivity index (χ4n) is 1.81. The quantitative estimate of drug-likeness (QED) is 0.350. The Hall–Kier alpha value is -1.95. The number of hydrogen-bond donors (Lipinski definition) is 3. The molecule has 0 saturated carbocycles. The minimum absolute atomic E-state index is 0.0803. The molecule has 0 radical (unpaired) electrons. The van der Waals surface area contributed by atoms with Gasteiger partial charge >= 0.3 is 0 Å². The monoisotopic (exact) mass is 291 g/mol. The van der Waals surface area contributed by atoms with Gasteiger partial charge in [-0.1, -0.05) is 12.8 Å². The number of aromatic nitrogens is 1. The standard InChI is InChI=1S/C15H25N5O/c1-3-19-20-14-9-8-13(12-18-14)15(21)17-11-7-5-4-6-10-16-2/h3,8-9,12,16H,4-7,10-11H2,1-2H3,(H,17,21)(H,18,20)/b19-3+. The summed E-state index contributed by atoms with van der Waals surface area (Å²) in [5, 5.41) is 9.90. The van der Waals surface area contributed by atoms with Crippen molar-refractivity contribution in [2.24, 2.45) is 5.10 Å². The van der Waals surface area contributed by atoms with Crippen molar-refractivity contribution in [3.05, 3.63) is 23.9 Å². The van der Waals surface area contributed by atoms with Gasteiger partial charge in [0.15, 0.2) is 0 Å². The van der Waals surface area contributed by atoms with E-state index in [-0.39, 0.29) is 5.91 Å². The molecule has 0 aromatic carbocycles. The summed E-state index contributed by atoms with van der Waals surface area (Å²) in [4.78, 5) is 16.0. The number of rotatable bonds is 10. The maximum Gasteiger partial charge on any atom is 0.252 e. The molecule has 1 rings (SSSR count). The van der Waals surface area contributed by atoms with Gasteiger partial charge in [-0.2, -0.15) is 5.10 Å². The summed E-state index contributed by atoms with van der Waals surface area (Å²) in [6.45, 7) is 3.58. The van der Waals surface area contributed by atoms with Gasteiger partial charge in [0, 0.05) is 19.0 Å². The van der Waals surface area contributed by atoms with E-state index in [9.17, 15) is 4.79 Å². The maximum atomic E-state index is 11.9. The average molecular weight is 291 g/mol. The Morgan fingerprint density at radius 2 is 2.00 bits per heavy atom. The largest absolute Gasteiger partial charge is 0.352 e. The molecule has 0 spiro atoms. The zero-order valence-corrected chi connectivity index (χ0v) is 12.9. The van der Waals surface area contributed by atoms with Crippen molar-refractivity contribution in [1.29, 1.82) is 0 Å². The zero-order valence-electron chi connectivity index (χ0n) is 12.9. The third-order valence-corrected chi connectivity index (χ3v) is 2.97. The van der Waals surface area contributed by atoms with E-state index in [0.29, 0.717) is 17.9 Å². The second kappa shape index (κ2) is 10.8. The summed E-state index contributed by atoms with van der Waals surface area (Å²) < 4.78 is 0. The predicted octanol–water partition coefficient (Wildman–Crippen LogP) is 2.01. The van der Waals surface area contributed by atoms with Gasteiger partial charge in [0.2, 0.25) is 0 Å². The summed E-state index contributed by atoms with van der Waals surface area (Å²) in [7, 11) is 1.96. The van der Waals surface area contributed by atoms with Crippen LogP contribution in [0.25, 0.3) is 0 Å². The van der Waals surface area contributed by atoms with Crippen LogP contribution in [0.5, 0.6) is 0 Å². The Bertz CT molecular complexity index is 430. The van der Waals surface area contributed by atoms with E-state index in [1.165, 1.54) is 12.8 Å². The topological polar surface area (TPSA) is 78.4 Å². The number of nitrogens with zero attached hydrogens (tertiary/aromatic N) is 2. The van der Waals surface area contributed by atoms with E-state index in [1.807, 2.05) is 14.0 Å². The molecule has 21 heavy (non-hydrogen) atoms. The van der Waals surface area contributed by atoms with Crippen molar-refractivity contribution in [2.45, 2.75) is 32.6 Å². The lowest BCUT2D eigenvalue weighted by Crippen LogP contribution is -2.24. The number of amides is 1. The van der Waals surface area contributed by atoms with Gasteiger partial charge in [-0.25, -0.2) is 4.98 Å². The molecule has 0 saturated heterocycles. The molecule has 116 valence electrons. The highest BCUT2D eigenvalue weighted by Gasteiger charge is 2.05. The molecule has 0 fully saturated rings. The van der Waals surface area contributed by atoms with Crippen LogP contribution in [-0.2, 0) is 0 Å². The zero-order chi connectivity index (χ0) is 15.3.